The predicted molar refractivity (Wildman–Crippen MR) is 105 cm³/mol. The minimum atomic E-state index is 0.151. The molecule has 0 spiro atoms. The molecule has 0 aliphatic carbocycles. The Morgan fingerprint density at radius 3 is 2.75 bits per heavy atom. The first-order valence-corrected chi connectivity index (χ1v) is 10.1. The summed E-state index contributed by atoms with van der Waals surface area (Å²) in [7, 11) is 0. The first kappa shape index (κ1) is 18.5. The fraction of sp³-hybridized carbons (Fsp3) is 0.368. The average Bonchev–Trinajstić information content (AvgIpc) is 3.37. The normalized spacial score (nSPS) is 14.5. The molecule has 0 aromatic carbocycles. The van der Waals surface area contributed by atoms with Gasteiger partial charge in [-0.3, -0.25) is 4.79 Å². The van der Waals surface area contributed by atoms with Gasteiger partial charge in [-0.1, -0.05) is 17.8 Å². The number of furan rings is 1. The molecule has 0 radical (unpaired) electrons. The zero-order chi connectivity index (χ0) is 19.3. The van der Waals surface area contributed by atoms with Gasteiger partial charge in [0.15, 0.2) is 0 Å². The highest BCUT2D eigenvalue weighted by molar-refractivity contribution is 7.99. The molecule has 1 fully saturated rings. The highest BCUT2D eigenvalue weighted by atomic mass is 32.2. The molecule has 1 aliphatic rings. The second kappa shape index (κ2) is 8.47. The Kier molecular flexibility index (Phi) is 5.61. The zero-order valence-corrected chi connectivity index (χ0v) is 16.4. The van der Waals surface area contributed by atoms with E-state index in [1.54, 1.807) is 18.5 Å². The average molecular weight is 399 g/mol. The van der Waals surface area contributed by atoms with E-state index in [4.69, 9.17) is 8.83 Å². The molecule has 0 atom stereocenters. The van der Waals surface area contributed by atoms with Crippen molar-refractivity contribution in [3.63, 3.8) is 0 Å². The number of rotatable bonds is 6. The summed E-state index contributed by atoms with van der Waals surface area (Å²) in [4.78, 5) is 21.0. The lowest BCUT2D eigenvalue weighted by molar-refractivity contribution is -0.131. The molecule has 0 saturated carbocycles. The zero-order valence-electron chi connectivity index (χ0n) is 15.6. The Hall–Kier alpha value is -2.81. The molecule has 1 amide bonds. The largest absolute Gasteiger partial charge is 0.469 e. The monoisotopic (exact) mass is 399 g/mol. The molecular weight excluding hydrogens is 378 g/mol. The van der Waals surface area contributed by atoms with Crippen molar-refractivity contribution in [2.75, 3.05) is 36.8 Å². The van der Waals surface area contributed by atoms with Gasteiger partial charge in [0.25, 0.3) is 11.1 Å². The molecular formula is C19H21N5O3S. The Labute approximate surface area is 166 Å². The van der Waals surface area contributed by atoms with Gasteiger partial charge in [-0.2, -0.15) is 0 Å². The fourth-order valence-corrected chi connectivity index (χ4v) is 3.78. The number of piperazine rings is 1. The highest BCUT2D eigenvalue weighted by Crippen LogP contribution is 2.26. The molecule has 4 heterocycles. The first-order valence-electron chi connectivity index (χ1n) is 9.15. The van der Waals surface area contributed by atoms with Crippen LogP contribution in [0.1, 0.15) is 12.2 Å². The van der Waals surface area contributed by atoms with E-state index in [2.05, 4.69) is 20.1 Å². The number of aromatic nitrogens is 3. The Balaban J connectivity index is 1.22. The van der Waals surface area contributed by atoms with Crippen LogP contribution >= 0.6 is 11.8 Å². The minimum Gasteiger partial charge on any atom is -0.469 e. The number of aryl methyl sites for hydroxylation is 1. The van der Waals surface area contributed by atoms with Crippen LogP contribution in [0.4, 0.5) is 5.82 Å². The maximum absolute atomic E-state index is 12.5. The van der Waals surface area contributed by atoms with E-state index in [1.165, 1.54) is 11.8 Å². The summed E-state index contributed by atoms with van der Waals surface area (Å²) < 4.78 is 10.9. The lowest BCUT2D eigenvalue weighted by Crippen LogP contribution is -2.49. The maximum atomic E-state index is 12.5. The standard InChI is InChI=1S/C19H21N5O3S/c1-14-15(5-12-26-14)18-21-22-19(27-18)28-13-6-17(25)24-10-8-23(9-11-24)16-4-2-3-7-20-16/h2-5,7,12H,6,8-11,13H2,1H3. The van der Waals surface area contributed by atoms with Crippen LogP contribution in [0.25, 0.3) is 11.5 Å². The van der Waals surface area contributed by atoms with Crippen LogP contribution < -0.4 is 4.90 Å². The maximum Gasteiger partial charge on any atom is 0.276 e. The Bertz CT molecular complexity index is 919. The summed E-state index contributed by atoms with van der Waals surface area (Å²) in [6.07, 6.45) is 3.82. The quantitative estimate of drug-likeness (QED) is 0.585. The molecule has 1 aliphatic heterocycles. The topological polar surface area (TPSA) is 88.5 Å². The lowest BCUT2D eigenvalue weighted by atomic mass is 10.3. The third kappa shape index (κ3) is 4.19. The third-order valence-corrected chi connectivity index (χ3v) is 5.46. The number of thioether (sulfide) groups is 1. The van der Waals surface area contributed by atoms with Gasteiger partial charge >= 0.3 is 0 Å². The van der Waals surface area contributed by atoms with Crippen LogP contribution in [0.5, 0.6) is 0 Å². The first-order chi connectivity index (χ1) is 13.7. The van der Waals surface area contributed by atoms with Crippen LogP contribution in [-0.4, -0.2) is 57.9 Å². The summed E-state index contributed by atoms with van der Waals surface area (Å²) in [5.74, 6) is 2.89. The highest BCUT2D eigenvalue weighted by Gasteiger charge is 2.22. The Morgan fingerprint density at radius 1 is 1.18 bits per heavy atom. The van der Waals surface area contributed by atoms with Crippen molar-refractivity contribution in [3.8, 4) is 11.5 Å². The summed E-state index contributed by atoms with van der Waals surface area (Å²) in [6.45, 7) is 4.87. The number of carbonyl (C=O) groups is 1. The van der Waals surface area contributed by atoms with Crippen molar-refractivity contribution in [2.24, 2.45) is 0 Å². The van der Waals surface area contributed by atoms with Gasteiger partial charge in [0.2, 0.25) is 5.91 Å². The van der Waals surface area contributed by atoms with E-state index in [-0.39, 0.29) is 5.91 Å². The van der Waals surface area contributed by atoms with E-state index in [0.29, 0.717) is 36.4 Å². The smallest absolute Gasteiger partial charge is 0.276 e. The molecule has 146 valence electrons. The van der Waals surface area contributed by atoms with E-state index in [9.17, 15) is 4.79 Å². The van der Waals surface area contributed by atoms with Crippen molar-refractivity contribution in [1.82, 2.24) is 20.1 Å². The van der Waals surface area contributed by atoms with E-state index < -0.39 is 0 Å². The number of pyridine rings is 1. The Morgan fingerprint density at radius 2 is 2.04 bits per heavy atom. The van der Waals surface area contributed by atoms with Gasteiger partial charge in [-0.05, 0) is 25.1 Å². The fourth-order valence-electron chi connectivity index (χ4n) is 3.09. The molecule has 3 aromatic heterocycles. The van der Waals surface area contributed by atoms with Crippen LogP contribution in [0.2, 0.25) is 0 Å². The number of hydrogen-bond acceptors (Lipinski definition) is 8. The van der Waals surface area contributed by atoms with Crippen molar-refractivity contribution in [3.05, 3.63) is 42.5 Å². The minimum absolute atomic E-state index is 0.151. The summed E-state index contributed by atoms with van der Waals surface area (Å²) in [6, 6.07) is 7.68. The van der Waals surface area contributed by atoms with Crippen LogP contribution in [0.3, 0.4) is 0 Å². The summed E-state index contributed by atoms with van der Waals surface area (Å²) >= 11 is 1.40. The van der Waals surface area contributed by atoms with E-state index in [1.807, 2.05) is 30.0 Å². The third-order valence-electron chi connectivity index (χ3n) is 4.64. The molecule has 0 N–H and O–H groups in total. The summed E-state index contributed by atoms with van der Waals surface area (Å²) in [5.41, 5.74) is 0.793. The molecule has 3 aromatic rings. The van der Waals surface area contributed by atoms with Crippen LogP contribution in [-0.2, 0) is 4.79 Å². The van der Waals surface area contributed by atoms with Crippen molar-refractivity contribution >= 4 is 23.5 Å². The summed E-state index contributed by atoms with van der Waals surface area (Å²) in [5, 5.41) is 8.53. The number of amides is 1. The SMILES string of the molecule is Cc1occc1-c1nnc(SCCC(=O)N2CCN(c3ccccn3)CC2)o1. The predicted octanol–water partition coefficient (Wildman–Crippen LogP) is 2.86. The molecule has 28 heavy (non-hydrogen) atoms. The second-order valence-corrected chi connectivity index (χ2v) is 7.46. The number of carbonyl (C=O) groups excluding carboxylic acids is 1. The van der Waals surface area contributed by atoms with Gasteiger partial charge in [-0.25, -0.2) is 4.98 Å². The van der Waals surface area contributed by atoms with Crippen LogP contribution in [0.15, 0.2) is 50.8 Å². The number of nitrogens with zero attached hydrogens (tertiary/aromatic N) is 5. The van der Waals surface area contributed by atoms with E-state index >= 15 is 0 Å². The lowest BCUT2D eigenvalue weighted by Gasteiger charge is -2.35. The van der Waals surface area contributed by atoms with Gasteiger partial charge in [0.1, 0.15) is 11.6 Å². The number of anilines is 1. The molecule has 4 rings (SSSR count). The van der Waals surface area contributed by atoms with Gasteiger partial charge < -0.3 is 18.6 Å². The van der Waals surface area contributed by atoms with Gasteiger partial charge in [-0.15, -0.1) is 10.2 Å². The van der Waals surface area contributed by atoms with Crippen molar-refractivity contribution in [1.29, 1.82) is 0 Å². The van der Waals surface area contributed by atoms with Crippen molar-refractivity contribution < 1.29 is 13.6 Å². The molecule has 1 saturated heterocycles. The van der Waals surface area contributed by atoms with E-state index in [0.717, 1.165) is 30.2 Å². The second-order valence-electron chi connectivity index (χ2n) is 6.42. The molecule has 9 heteroatoms. The molecule has 8 nitrogen and oxygen atoms in total. The molecule has 0 unspecified atom stereocenters. The van der Waals surface area contributed by atoms with Gasteiger partial charge in [0, 0.05) is 44.5 Å². The molecule has 0 bridgehead atoms. The van der Waals surface area contributed by atoms with Gasteiger partial charge in [0.05, 0.1) is 11.8 Å². The number of hydrogen-bond donors (Lipinski definition) is 0. The van der Waals surface area contributed by atoms with Crippen LogP contribution in [0, 0.1) is 6.92 Å². The van der Waals surface area contributed by atoms with Crippen molar-refractivity contribution in [2.45, 2.75) is 18.6 Å².